The average Bonchev–Trinajstić information content (AvgIpc) is 3.63. The number of carbonyl (C=O) groups is 2. The van der Waals surface area contributed by atoms with Crippen molar-refractivity contribution in [2.24, 2.45) is 0 Å². The van der Waals surface area contributed by atoms with Crippen LogP contribution in [0.5, 0.6) is 17.2 Å². The summed E-state index contributed by atoms with van der Waals surface area (Å²) in [5.41, 5.74) is 5.46. The van der Waals surface area contributed by atoms with E-state index < -0.39 is 0 Å². The van der Waals surface area contributed by atoms with Crippen LogP contribution in [0.2, 0.25) is 0 Å². The number of nitrogens with one attached hydrogen (secondary N) is 1. The summed E-state index contributed by atoms with van der Waals surface area (Å²) in [5.74, 6) is 1.56. The van der Waals surface area contributed by atoms with E-state index in [2.05, 4.69) is 21.6 Å². The number of fused-ring (bicyclic) bond motifs is 1. The minimum atomic E-state index is -0.346. The molecule has 0 radical (unpaired) electrons. The molecule has 0 bridgehead atoms. The van der Waals surface area contributed by atoms with Gasteiger partial charge in [-0.15, -0.1) is 10.2 Å². The minimum Gasteiger partial charge on any atom is -0.493 e. The van der Waals surface area contributed by atoms with Crippen LogP contribution in [0.1, 0.15) is 32.9 Å². The standard InChI is InChI=1S/C31H33N5O5S/c1-19-10-11-20(2)24(14-19)36-27(17-32-30(38)22-15-25(39-3)29(41-5)26(16-22)40-4)33-34-31(36)42-18-28(37)35-13-12-21-8-6-7-9-23(21)35/h6-11,14-16H,12-13,17-18H2,1-5H3,(H,32,38). The van der Waals surface area contributed by atoms with Crippen LogP contribution in [0.4, 0.5) is 5.69 Å². The number of carbonyl (C=O) groups excluding carboxylic acids is 2. The van der Waals surface area contributed by atoms with Gasteiger partial charge in [-0.2, -0.15) is 0 Å². The van der Waals surface area contributed by atoms with E-state index in [1.54, 1.807) is 12.1 Å². The summed E-state index contributed by atoms with van der Waals surface area (Å²) in [6, 6.07) is 17.3. The van der Waals surface area contributed by atoms with Crippen LogP contribution in [-0.4, -0.2) is 60.2 Å². The molecule has 11 heteroatoms. The summed E-state index contributed by atoms with van der Waals surface area (Å²) in [5, 5.41) is 12.4. The molecule has 1 aliphatic heterocycles. The van der Waals surface area contributed by atoms with Gasteiger partial charge < -0.3 is 24.4 Å². The number of hydrogen-bond donors (Lipinski definition) is 1. The molecule has 2 amide bonds. The van der Waals surface area contributed by atoms with Crippen LogP contribution in [0.15, 0.2) is 59.8 Å². The molecule has 1 aromatic heterocycles. The lowest BCUT2D eigenvalue weighted by atomic mass is 10.1. The Morgan fingerprint density at radius 1 is 0.929 bits per heavy atom. The first-order valence-corrected chi connectivity index (χ1v) is 14.4. The Morgan fingerprint density at radius 2 is 1.67 bits per heavy atom. The second kappa shape index (κ2) is 12.6. The van der Waals surface area contributed by atoms with E-state index in [0.29, 0.717) is 40.3 Å². The van der Waals surface area contributed by atoms with Crippen molar-refractivity contribution in [3.8, 4) is 22.9 Å². The molecular formula is C31H33N5O5S. The average molecular weight is 588 g/mol. The number of ether oxygens (including phenoxy) is 3. The molecule has 0 saturated heterocycles. The molecule has 218 valence electrons. The van der Waals surface area contributed by atoms with Crippen molar-refractivity contribution < 1.29 is 23.8 Å². The molecule has 0 saturated carbocycles. The molecule has 5 rings (SSSR count). The van der Waals surface area contributed by atoms with E-state index in [4.69, 9.17) is 14.2 Å². The van der Waals surface area contributed by atoms with E-state index in [1.165, 1.54) is 38.7 Å². The van der Waals surface area contributed by atoms with Crippen LogP contribution in [0.25, 0.3) is 5.69 Å². The van der Waals surface area contributed by atoms with Crippen LogP contribution in [0, 0.1) is 13.8 Å². The topological polar surface area (TPSA) is 108 Å². The molecule has 10 nitrogen and oxygen atoms in total. The number of aromatic nitrogens is 3. The molecule has 3 aromatic carbocycles. The highest BCUT2D eigenvalue weighted by atomic mass is 32.2. The quantitative estimate of drug-likeness (QED) is 0.270. The predicted molar refractivity (Wildman–Crippen MR) is 161 cm³/mol. The van der Waals surface area contributed by atoms with Crippen LogP contribution < -0.4 is 24.4 Å². The largest absolute Gasteiger partial charge is 0.493 e. The Bertz CT molecular complexity index is 1610. The third-order valence-corrected chi connectivity index (χ3v) is 8.07. The number of methoxy groups -OCH3 is 3. The lowest BCUT2D eigenvalue weighted by molar-refractivity contribution is -0.116. The zero-order chi connectivity index (χ0) is 29.8. The highest BCUT2D eigenvalue weighted by Gasteiger charge is 2.26. The normalized spacial score (nSPS) is 12.2. The number of nitrogens with zero attached hydrogens (tertiary/aromatic N) is 4. The first kappa shape index (κ1) is 29.0. The summed E-state index contributed by atoms with van der Waals surface area (Å²) >= 11 is 1.33. The van der Waals surface area contributed by atoms with E-state index in [1.807, 2.05) is 59.7 Å². The highest BCUT2D eigenvalue weighted by molar-refractivity contribution is 7.99. The minimum absolute atomic E-state index is 0.0118. The molecule has 1 aliphatic rings. The SMILES string of the molecule is COc1cc(C(=O)NCc2nnc(SCC(=O)N3CCc4ccccc43)n2-c2cc(C)ccc2C)cc(OC)c1OC. The van der Waals surface area contributed by atoms with Gasteiger partial charge in [0.1, 0.15) is 0 Å². The Labute approximate surface area is 249 Å². The van der Waals surface area contributed by atoms with E-state index >= 15 is 0 Å². The molecular weight excluding hydrogens is 554 g/mol. The molecule has 0 unspecified atom stereocenters. The number of amides is 2. The van der Waals surface area contributed by atoms with Gasteiger partial charge in [0, 0.05) is 17.8 Å². The number of hydrogen-bond acceptors (Lipinski definition) is 8. The summed E-state index contributed by atoms with van der Waals surface area (Å²) in [6.45, 7) is 4.79. The molecule has 0 aliphatic carbocycles. The summed E-state index contributed by atoms with van der Waals surface area (Å²) in [4.78, 5) is 28.3. The third kappa shape index (κ3) is 5.78. The summed E-state index contributed by atoms with van der Waals surface area (Å²) < 4.78 is 18.1. The second-order valence-electron chi connectivity index (χ2n) is 9.83. The van der Waals surface area contributed by atoms with Crippen LogP contribution >= 0.6 is 11.8 Å². The van der Waals surface area contributed by atoms with Gasteiger partial charge >= 0.3 is 0 Å². The molecule has 0 atom stereocenters. The van der Waals surface area contributed by atoms with Gasteiger partial charge in [-0.1, -0.05) is 42.1 Å². The van der Waals surface area contributed by atoms with Gasteiger partial charge in [-0.3, -0.25) is 14.2 Å². The van der Waals surface area contributed by atoms with Gasteiger partial charge in [0.15, 0.2) is 22.5 Å². The van der Waals surface area contributed by atoms with Crippen molar-refractivity contribution >= 4 is 29.3 Å². The molecule has 1 N–H and O–H groups in total. The lowest BCUT2D eigenvalue weighted by Gasteiger charge is -2.18. The first-order valence-electron chi connectivity index (χ1n) is 13.5. The third-order valence-electron chi connectivity index (χ3n) is 7.15. The number of para-hydroxylation sites is 1. The molecule has 2 heterocycles. The highest BCUT2D eigenvalue weighted by Crippen LogP contribution is 2.38. The maximum absolute atomic E-state index is 13.2. The van der Waals surface area contributed by atoms with Crippen molar-refractivity contribution in [1.82, 2.24) is 20.1 Å². The van der Waals surface area contributed by atoms with Gasteiger partial charge in [-0.25, -0.2) is 0 Å². The fourth-order valence-corrected chi connectivity index (χ4v) is 5.83. The fraction of sp³-hybridized carbons (Fsp3) is 0.290. The number of benzene rings is 3. The zero-order valence-corrected chi connectivity index (χ0v) is 25.1. The monoisotopic (exact) mass is 587 g/mol. The van der Waals surface area contributed by atoms with Gasteiger partial charge in [0.2, 0.25) is 11.7 Å². The van der Waals surface area contributed by atoms with Gasteiger partial charge in [0.25, 0.3) is 5.91 Å². The van der Waals surface area contributed by atoms with Crippen molar-refractivity contribution in [2.45, 2.75) is 32.0 Å². The van der Waals surface area contributed by atoms with Crippen molar-refractivity contribution in [1.29, 1.82) is 0 Å². The Kier molecular flexibility index (Phi) is 8.67. The van der Waals surface area contributed by atoms with E-state index in [9.17, 15) is 9.59 Å². The number of rotatable bonds is 10. The van der Waals surface area contributed by atoms with Crippen molar-refractivity contribution in [3.63, 3.8) is 0 Å². The smallest absolute Gasteiger partial charge is 0.251 e. The Hall–Kier alpha value is -4.51. The fourth-order valence-electron chi connectivity index (χ4n) is 4.99. The van der Waals surface area contributed by atoms with Crippen LogP contribution in [0.3, 0.4) is 0 Å². The van der Waals surface area contributed by atoms with Crippen molar-refractivity contribution in [3.05, 3.63) is 82.7 Å². The van der Waals surface area contributed by atoms with Crippen molar-refractivity contribution in [2.75, 3.05) is 38.5 Å². The predicted octanol–water partition coefficient (Wildman–Crippen LogP) is 4.52. The number of aryl methyl sites for hydroxylation is 2. The zero-order valence-electron chi connectivity index (χ0n) is 24.3. The molecule has 0 spiro atoms. The first-order chi connectivity index (χ1) is 20.3. The Morgan fingerprint density at radius 3 is 2.38 bits per heavy atom. The van der Waals surface area contributed by atoms with E-state index in [-0.39, 0.29) is 24.1 Å². The number of thioether (sulfide) groups is 1. The van der Waals surface area contributed by atoms with Crippen LogP contribution in [-0.2, 0) is 17.8 Å². The second-order valence-corrected chi connectivity index (χ2v) is 10.8. The van der Waals surface area contributed by atoms with Gasteiger partial charge in [0.05, 0.1) is 39.3 Å². The van der Waals surface area contributed by atoms with E-state index in [0.717, 1.165) is 28.9 Å². The Balaban J connectivity index is 1.39. The maximum Gasteiger partial charge on any atom is 0.251 e. The number of anilines is 1. The summed E-state index contributed by atoms with van der Waals surface area (Å²) in [7, 11) is 4.50. The lowest BCUT2D eigenvalue weighted by Crippen LogP contribution is -2.30. The van der Waals surface area contributed by atoms with Gasteiger partial charge in [-0.05, 0) is 61.2 Å². The molecule has 4 aromatic rings. The summed E-state index contributed by atoms with van der Waals surface area (Å²) in [6.07, 6.45) is 0.848. The molecule has 42 heavy (non-hydrogen) atoms. The molecule has 0 fully saturated rings. The maximum atomic E-state index is 13.2.